The molecule has 0 unspecified atom stereocenters. The van der Waals surface area contributed by atoms with Gasteiger partial charge in [-0.25, -0.2) is 4.79 Å². The molecular weight excluding hydrogens is 264 g/mol. The summed E-state index contributed by atoms with van der Waals surface area (Å²) in [4.78, 5) is 33.9. The quantitative estimate of drug-likeness (QED) is 0.817. The van der Waals surface area contributed by atoms with Gasteiger partial charge in [-0.05, 0) is 20.8 Å². The molecule has 7 heteroatoms. The van der Waals surface area contributed by atoms with Gasteiger partial charge in [0, 0.05) is 7.05 Å². The van der Waals surface area contributed by atoms with Crippen LogP contribution < -0.4 is 5.32 Å². The number of carbonyl (C=O) groups is 3. The molecule has 0 saturated heterocycles. The van der Waals surface area contributed by atoms with Gasteiger partial charge >= 0.3 is 12.1 Å². The predicted octanol–water partition coefficient (Wildman–Crippen LogP) is 1.47. The van der Waals surface area contributed by atoms with Crippen LogP contribution in [0.3, 0.4) is 0 Å². The van der Waals surface area contributed by atoms with E-state index in [0.29, 0.717) is 0 Å². The summed E-state index contributed by atoms with van der Waals surface area (Å²) in [5.41, 5.74) is -0.639. The first kappa shape index (κ1) is 20.5. The number of amides is 2. The normalized spacial score (nSPS) is 9.90. The maximum Gasteiger partial charge on any atom is 0.408 e. The molecule has 0 aliphatic heterocycles. The van der Waals surface area contributed by atoms with Gasteiger partial charge in [-0.2, -0.15) is 0 Å². The maximum absolute atomic E-state index is 11.3. The molecule has 0 saturated carbocycles. The SMILES string of the molecule is CCC.CN(CC(=O)O)C(=O)CNC(=O)OC(C)(C)C. The van der Waals surface area contributed by atoms with Gasteiger partial charge in [0.05, 0.1) is 0 Å². The summed E-state index contributed by atoms with van der Waals surface area (Å²) in [7, 11) is 1.34. The van der Waals surface area contributed by atoms with Crippen LogP contribution in [0.15, 0.2) is 0 Å². The van der Waals surface area contributed by atoms with E-state index in [1.54, 1.807) is 20.8 Å². The standard InChI is InChI=1S/C10H18N2O5.C3H8/c1-10(2,3)17-9(16)11-5-7(13)12(4)6-8(14)15;1-3-2/h5-6H2,1-4H3,(H,11,16)(H,14,15);3H2,1-2H3. The Morgan fingerprint density at radius 3 is 2.00 bits per heavy atom. The largest absolute Gasteiger partial charge is 0.480 e. The van der Waals surface area contributed by atoms with Crippen molar-refractivity contribution in [2.24, 2.45) is 0 Å². The molecule has 0 aromatic rings. The fourth-order valence-electron chi connectivity index (χ4n) is 0.888. The zero-order valence-electron chi connectivity index (χ0n) is 13.1. The summed E-state index contributed by atoms with van der Waals surface area (Å²) in [5.74, 6) is -1.61. The molecule has 0 heterocycles. The molecule has 0 rings (SSSR count). The molecule has 118 valence electrons. The number of carboxylic acids is 1. The van der Waals surface area contributed by atoms with E-state index in [1.807, 2.05) is 0 Å². The van der Waals surface area contributed by atoms with Gasteiger partial charge in [-0.3, -0.25) is 9.59 Å². The maximum atomic E-state index is 11.3. The topological polar surface area (TPSA) is 95.9 Å². The molecule has 0 aromatic heterocycles. The van der Waals surface area contributed by atoms with Crippen molar-refractivity contribution in [2.45, 2.75) is 46.6 Å². The van der Waals surface area contributed by atoms with Gasteiger partial charge in [0.15, 0.2) is 0 Å². The van der Waals surface area contributed by atoms with Crippen molar-refractivity contribution in [1.29, 1.82) is 0 Å². The average Bonchev–Trinajstić information content (AvgIpc) is 2.23. The van der Waals surface area contributed by atoms with Crippen LogP contribution in [0.25, 0.3) is 0 Å². The molecule has 0 fully saturated rings. The van der Waals surface area contributed by atoms with Gasteiger partial charge < -0.3 is 20.1 Å². The third kappa shape index (κ3) is 14.3. The van der Waals surface area contributed by atoms with Crippen molar-refractivity contribution >= 4 is 18.0 Å². The zero-order chi connectivity index (χ0) is 16.3. The molecule has 2 amide bonds. The number of aliphatic carboxylic acids is 1. The van der Waals surface area contributed by atoms with E-state index in [2.05, 4.69) is 19.2 Å². The fraction of sp³-hybridized carbons (Fsp3) is 0.769. The van der Waals surface area contributed by atoms with Gasteiger partial charge in [0.25, 0.3) is 0 Å². The molecule has 20 heavy (non-hydrogen) atoms. The Morgan fingerprint density at radius 2 is 1.65 bits per heavy atom. The summed E-state index contributed by atoms with van der Waals surface area (Å²) >= 11 is 0. The van der Waals surface area contributed by atoms with E-state index in [9.17, 15) is 14.4 Å². The van der Waals surface area contributed by atoms with Gasteiger partial charge in [0.1, 0.15) is 18.7 Å². The van der Waals surface area contributed by atoms with Crippen molar-refractivity contribution in [3.8, 4) is 0 Å². The van der Waals surface area contributed by atoms with E-state index in [-0.39, 0.29) is 6.54 Å². The Bertz CT molecular complexity index is 323. The highest BCUT2D eigenvalue weighted by molar-refractivity contribution is 5.84. The zero-order valence-corrected chi connectivity index (χ0v) is 13.1. The van der Waals surface area contributed by atoms with Crippen molar-refractivity contribution < 1.29 is 24.2 Å². The molecule has 0 spiro atoms. The van der Waals surface area contributed by atoms with Gasteiger partial charge in [-0.1, -0.05) is 20.3 Å². The lowest BCUT2D eigenvalue weighted by Gasteiger charge is -2.20. The molecule has 0 radical (unpaired) electrons. The number of carbonyl (C=O) groups excluding carboxylic acids is 2. The summed E-state index contributed by atoms with van der Waals surface area (Å²) in [5, 5.41) is 10.7. The Kier molecular flexibility index (Phi) is 10.3. The summed E-state index contributed by atoms with van der Waals surface area (Å²) in [6.45, 7) is 8.65. The average molecular weight is 290 g/mol. The predicted molar refractivity (Wildman–Crippen MR) is 75.5 cm³/mol. The van der Waals surface area contributed by atoms with Crippen LogP contribution in [0.1, 0.15) is 41.0 Å². The molecule has 2 N–H and O–H groups in total. The van der Waals surface area contributed by atoms with Gasteiger partial charge in [-0.15, -0.1) is 0 Å². The number of nitrogens with zero attached hydrogens (tertiary/aromatic N) is 1. The van der Waals surface area contributed by atoms with Crippen LogP contribution in [0.4, 0.5) is 4.79 Å². The lowest BCUT2D eigenvalue weighted by Crippen LogP contribution is -2.41. The van der Waals surface area contributed by atoms with Gasteiger partial charge in [0.2, 0.25) is 5.91 Å². The van der Waals surface area contributed by atoms with Crippen LogP contribution in [0, 0.1) is 0 Å². The third-order valence-electron chi connectivity index (χ3n) is 1.58. The van der Waals surface area contributed by atoms with Crippen LogP contribution in [-0.4, -0.2) is 53.7 Å². The number of carboxylic acid groups (broad SMARTS) is 1. The molecular formula is C13H26N2O5. The fourth-order valence-corrected chi connectivity index (χ4v) is 0.888. The van der Waals surface area contributed by atoms with Crippen LogP contribution in [-0.2, 0) is 14.3 Å². The molecule has 0 aromatic carbocycles. The smallest absolute Gasteiger partial charge is 0.408 e. The number of nitrogens with one attached hydrogen (secondary N) is 1. The molecule has 0 bridgehead atoms. The van der Waals surface area contributed by atoms with Crippen molar-refractivity contribution in [3.05, 3.63) is 0 Å². The first-order valence-electron chi connectivity index (χ1n) is 6.46. The van der Waals surface area contributed by atoms with E-state index < -0.39 is 30.1 Å². The Balaban J connectivity index is 0. The second-order valence-electron chi connectivity index (χ2n) is 5.21. The van der Waals surface area contributed by atoms with Crippen LogP contribution in [0.2, 0.25) is 0 Å². The van der Waals surface area contributed by atoms with E-state index >= 15 is 0 Å². The molecule has 0 aliphatic rings. The lowest BCUT2D eigenvalue weighted by molar-refractivity contribution is -0.143. The minimum Gasteiger partial charge on any atom is -0.480 e. The monoisotopic (exact) mass is 290 g/mol. The summed E-state index contributed by atoms with van der Waals surface area (Å²) in [6.07, 6.45) is 0.537. The van der Waals surface area contributed by atoms with Crippen molar-refractivity contribution in [2.75, 3.05) is 20.1 Å². The minimum atomic E-state index is -1.11. The number of rotatable bonds is 4. The Hall–Kier alpha value is -1.79. The summed E-state index contributed by atoms with van der Waals surface area (Å²) in [6, 6.07) is 0. The second kappa shape index (κ2) is 10.1. The molecule has 0 atom stereocenters. The highest BCUT2D eigenvalue weighted by Gasteiger charge is 2.18. The van der Waals surface area contributed by atoms with E-state index in [1.165, 1.54) is 13.5 Å². The first-order chi connectivity index (χ1) is 9.03. The highest BCUT2D eigenvalue weighted by atomic mass is 16.6. The Morgan fingerprint density at radius 1 is 1.20 bits per heavy atom. The molecule has 7 nitrogen and oxygen atoms in total. The van der Waals surface area contributed by atoms with Crippen molar-refractivity contribution in [1.82, 2.24) is 10.2 Å². The minimum absolute atomic E-state index is 0.293. The van der Waals surface area contributed by atoms with Crippen LogP contribution >= 0.6 is 0 Å². The Labute approximate surface area is 120 Å². The molecule has 0 aliphatic carbocycles. The first-order valence-corrected chi connectivity index (χ1v) is 6.46. The number of hydrogen-bond donors (Lipinski definition) is 2. The van der Waals surface area contributed by atoms with E-state index in [0.717, 1.165) is 4.90 Å². The second-order valence-corrected chi connectivity index (χ2v) is 5.21. The van der Waals surface area contributed by atoms with Crippen molar-refractivity contribution in [3.63, 3.8) is 0 Å². The van der Waals surface area contributed by atoms with Crippen LogP contribution in [0.5, 0.6) is 0 Å². The number of likely N-dealkylation sites (N-methyl/N-ethyl adjacent to an activating group) is 1. The highest BCUT2D eigenvalue weighted by Crippen LogP contribution is 2.06. The van der Waals surface area contributed by atoms with E-state index in [4.69, 9.17) is 9.84 Å². The number of hydrogen-bond acceptors (Lipinski definition) is 4. The summed E-state index contributed by atoms with van der Waals surface area (Å²) < 4.78 is 4.91. The lowest BCUT2D eigenvalue weighted by atomic mass is 10.2. The number of ether oxygens (including phenoxy) is 1. The third-order valence-corrected chi connectivity index (χ3v) is 1.58. The number of alkyl carbamates (subject to hydrolysis) is 1.